The molecule has 26 heavy (non-hydrogen) atoms. The number of nitrogens with zero attached hydrogens (tertiary/aromatic N) is 4. The van der Waals surface area contributed by atoms with Crippen molar-refractivity contribution in [2.24, 2.45) is 21.1 Å². The molecule has 0 aromatic carbocycles. The lowest BCUT2D eigenvalue weighted by Crippen LogP contribution is -2.42. The van der Waals surface area contributed by atoms with E-state index >= 15 is 0 Å². The summed E-state index contributed by atoms with van der Waals surface area (Å²) in [6.45, 7) is 2.95. The van der Waals surface area contributed by atoms with E-state index in [1.54, 1.807) is 18.7 Å². The number of hydrogen-bond acceptors (Lipinski definition) is 7. The van der Waals surface area contributed by atoms with Crippen molar-refractivity contribution < 1.29 is 14.3 Å². The first-order valence-electron chi connectivity index (χ1n) is 7.79. The molecule has 10 nitrogen and oxygen atoms in total. The number of anilines is 1. The summed E-state index contributed by atoms with van der Waals surface area (Å²) in [4.78, 5) is 48.2. The van der Waals surface area contributed by atoms with Gasteiger partial charge in [-0.2, -0.15) is 5.10 Å². The van der Waals surface area contributed by atoms with E-state index in [0.717, 1.165) is 20.4 Å². The normalized spacial score (nSPS) is 10.8. The van der Waals surface area contributed by atoms with Crippen LogP contribution in [0.15, 0.2) is 9.59 Å². The monoisotopic (exact) mass is 363 g/mol. The molecule has 0 fully saturated rings. The minimum Gasteiger partial charge on any atom is -0.457 e. The van der Waals surface area contributed by atoms with Crippen LogP contribution in [-0.2, 0) is 37.1 Å². The van der Waals surface area contributed by atoms with E-state index < -0.39 is 29.6 Å². The zero-order valence-electron chi connectivity index (χ0n) is 15.3. The molecule has 0 atom stereocenters. The van der Waals surface area contributed by atoms with Gasteiger partial charge in [0.25, 0.3) is 5.56 Å². The number of nitrogens with two attached hydrogens (primary N) is 1. The number of ketones is 1. The molecule has 0 unspecified atom stereocenters. The summed E-state index contributed by atoms with van der Waals surface area (Å²) in [5, 5.41) is 4.21. The van der Waals surface area contributed by atoms with E-state index in [0.29, 0.717) is 5.69 Å². The zero-order valence-corrected chi connectivity index (χ0v) is 15.3. The van der Waals surface area contributed by atoms with Gasteiger partial charge in [-0.15, -0.1) is 0 Å². The zero-order chi connectivity index (χ0) is 19.8. The predicted molar refractivity (Wildman–Crippen MR) is 93.0 cm³/mol. The topological polar surface area (TPSA) is 131 Å². The van der Waals surface area contributed by atoms with Gasteiger partial charge < -0.3 is 10.5 Å². The van der Waals surface area contributed by atoms with E-state index in [4.69, 9.17) is 10.5 Å². The molecule has 0 saturated heterocycles. The molecule has 2 aromatic rings. The number of ether oxygens (including phenoxy) is 1. The molecule has 0 amide bonds. The molecule has 0 spiro atoms. The van der Waals surface area contributed by atoms with Crippen LogP contribution in [0.5, 0.6) is 0 Å². The Morgan fingerprint density at radius 2 is 1.73 bits per heavy atom. The van der Waals surface area contributed by atoms with Crippen LogP contribution in [-0.4, -0.2) is 37.3 Å². The Balaban J connectivity index is 2.16. The van der Waals surface area contributed by atoms with Gasteiger partial charge in [-0.3, -0.25) is 28.2 Å². The summed E-state index contributed by atoms with van der Waals surface area (Å²) < 4.78 is 8.39. The van der Waals surface area contributed by atoms with Gasteiger partial charge in [0.2, 0.25) is 5.78 Å². The number of hydrogen-bond donors (Lipinski definition) is 1. The van der Waals surface area contributed by atoms with E-state index in [2.05, 4.69) is 5.10 Å². The first-order chi connectivity index (χ1) is 12.1. The molecule has 0 saturated carbocycles. The Morgan fingerprint density at radius 1 is 1.12 bits per heavy atom. The lowest BCUT2D eigenvalue weighted by atomic mass is 10.1. The summed E-state index contributed by atoms with van der Waals surface area (Å²) in [7, 11) is 4.34. The molecule has 10 heteroatoms. The number of aromatic nitrogens is 4. The maximum atomic E-state index is 12.3. The molecule has 0 aliphatic heterocycles. The molecule has 2 aromatic heterocycles. The fourth-order valence-electron chi connectivity index (χ4n) is 2.61. The third-order valence-corrected chi connectivity index (χ3v) is 4.33. The number of nitrogen functional groups attached to an aromatic ring is 1. The maximum Gasteiger partial charge on any atom is 0.332 e. The summed E-state index contributed by atoms with van der Waals surface area (Å²) >= 11 is 0. The van der Waals surface area contributed by atoms with Crippen LogP contribution in [0.3, 0.4) is 0 Å². The molecular formula is C16H21N5O5. The smallest absolute Gasteiger partial charge is 0.332 e. The van der Waals surface area contributed by atoms with Crippen LogP contribution in [0.1, 0.15) is 27.3 Å². The summed E-state index contributed by atoms with van der Waals surface area (Å²) in [5.41, 5.74) is 6.09. The Kier molecular flexibility index (Phi) is 5.15. The Morgan fingerprint density at radius 3 is 2.27 bits per heavy atom. The van der Waals surface area contributed by atoms with Gasteiger partial charge in [0.1, 0.15) is 11.4 Å². The average molecular weight is 363 g/mol. The van der Waals surface area contributed by atoms with Crippen LogP contribution >= 0.6 is 0 Å². The first kappa shape index (κ1) is 19.2. The highest BCUT2D eigenvalue weighted by atomic mass is 16.5. The molecule has 0 aliphatic carbocycles. The molecule has 2 rings (SSSR count). The van der Waals surface area contributed by atoms with E-state index in [1.165, 1.54) is 14.1 Å². The van der Waals surface area contributed by atoms with Crippen LogP contribution in [0.4, 0.5) is 5.82 Å². The van der Waals surface area contributed by atoms with Crippen molar-refractivity contribution in [3.8, 4) is 0 Å². The van der Waals surface area contributed by atoms with Crippen LogP contribution in [0, 0.1) is 13.8 Å². The van der Waals surface area contributed by atoms with Crippen molar-refractivity contribution in [3.05, 3.63) is 43.4 Å². The summed E-state index contributed by atoms with van der Waals surface area (Å²) in [6, 6.07) is 0. The van der Waals surface area contributed by atoms with E-state index in [-0.39, 0.29) is 17.8 Å². The first-order valence-corrected chi connectivity index (χ1v) is 7.79. The fourth-order valence-corrected chi connectivity index (χ4v) is 2.61. The Labute approximate surface area is 148 Å². The third kappa shape index (κ3) is 3.30. The highest BCUT2D eigenvalue weighted by molar-refractivity contribution is 6.01. The predicted octanol–water partition coefficient (Wildman–Crippen LogP) is -1.01. The number of Topliss-reactive ketones (excluding diaryl/α,β-unsaturated/α-hetero) is 1. The second kappa shape index (κ2) is 6.98. The fraction of sp³-hybridized carbons (Fsp3) is 0.438. The standard InChI is InChI=1S/C16H21N5O5/c1-8-10(9(2)21(5)18-8)6-12(23)26-7-11(22)13-14(17)19(3)16(25)20(4)15(13)24/h6-7,17H2,1-5H3. The van der Waals surface area contributed by atoms with Gasteiger partial charge in [0, 0.05) is 32.4 Å². The quantitative estimate of drug-likeness (QED) is 0.531. The summed E-state index contributed by atoms with van der Waals surface area (Å²) in [6.07, 6.45) is -0.0421. The highest BCUT2D eigenvalue weighted by Crippen LogP contribution is 2.13. The lowest BCUT2D eigenvalue weighted by Gasteiger charge is -2.11. The third-order valence-electron chi connectivity index (χ3n) is 4.33. The van der Waals surface area contributed by atoms with Gasteiger partial charge in [-0.1, -0.05) is 0 Å². The maximum absolute atomic E-state index is 12.3. The molecule has 0 radical (unpaired) electrons. The van der Waals surface area contributed by atoms with Crippen molar-refractivity contribution in [2.75, 3.05) is 12.3 Å². The number of carbonyl (C=O) groups is 2. The molecule has 0 bridgehead atoms. The number of aryl methyl sites for hydroxylation is 2. The SMILES string of the molecule is Cc1nn(C)c(C)c1CC(=O)OCC(=O)c1c(N)n(C)c(=O)n(C)c1=O. The minimum atomic E-state index is -0.828. The Hall–Kier alpha value is -3.17. The summed E-state index contributed by atoms with van der Waals surface area (Å²) in [5.74, 6) is -1.66. The van der Waals surface area contributed by atoms with Crippen LogP contribution in [0.2, 0.25) is 0 Å². The van der Waals surface area contributed by atoms with Crippen LogP contribution < -0.4 is 17.0 Å². The minimum absolute atomic E-state index is 0.0421. The largest absolute Gasteiger partial charge is 0.457 e. The van der Waals surface area contributed by atoms with Crippen molar-refractivity contribution in [2.45, 2.75) is 20.3 Å². The Bertz CT molecular complexity index is 1010. The average Bonchev–Trinajstić information content (AvgIpc) is 2.82. The molecule has 2 N–H and O–H groups in total. The molecule has 140 valence electrons. The van der Waals surface area contributed by atoms with Gasteiger partial charge >= 0.3 is 11.7 Å². The number of carbonyl (C=O) groups excluding carboxylic acids is 2. The lowest BCUT2D eigenvalue weighted by molar-refractivity contribution is -0.141. The van der Waals surface area contributed by atoms with Crippen LogP contribution in [0.25, 0.3) is 0 Å². The molecule has 2 heterocycles. The molecular weight excluding hydrogens is 342 g/mol. The number of rotatable bonds is 5. The van der Waals surface area contributed by atoms with Gasteiger partial charge in [-0.05, 0) is 13.8 Å². The second-order valence-corrected chi connectivity index (χ2v) is 6.00. The van der Waals surface area contributed by atoms with Crippen molar-refractivity contribution in [3.63, 3.8) is 0 Å². The van der Waals surface area contributed by atoms with E-state index in [9.17, 15) is 19.2 Å². The van der Waals surface area contributed by atoms with Gasteiger partial charge in [0.05, 0.1) is 12.1 Å². The molecule has 0 aliphatic rings. The van der Waals surface area contributed by atoms with E-state index in [1.807, 2.05) is 6.92 Å². The van der Waals surface area contributed by atoms with Crippen molar-refractivity contribution >= 4 is 17.6 Å². The van der Waals surface area contributed by atoms with Crippen molar-refractivity contribution in [1.29, 1.82) is 0 Å². The van der Waals surface area contributed by atoms with Crippen molar-refractivity contribution in [1.82, 2.24) is 18.9 Å². The van der Waals surface area contributed by atoms with Gasteiger partial charge in [0.15, 0.2) is 6.61 Å². The highest BCUT2D eigenvalue weighted by Gasteiger charge is 2.22. The van der Waals surface area contributed by atoms with Gasteiger partial charge in [-0.25, -0.2) is 4.79 Å². The number of esters is 1. The second-order valence-electron chi connectivity index (χ2n) is 6.00.